The molecule has 2 atom stereocenters. The second-order valence-electron chi connectivity index (χ2n) is 8.82. The number of fused-ring (bicyclic) bond motifs is 1. The summed E-state index contributed by atoms with van der Waals surface area (Å²) in [6.45, 7) is 0.919. The molecule has 0 N–H and O–H groups in total. The zero-order chi connectivity index (χ0) is 27.4. The van der Waals surface area contributed by atoms with E-state index in [-0.39, 0.29) is 10.6 Å². The van der Waals surface area contributed by atoms with Crippen LogP contribution in [-0.4, -0.2) is 62.1 Å². The fraction of sp³-hybridized carbons (Fsp3) is 0.259. The number of nitro groups is 1. The van der Waals surface area contributed by atoms with Crippen molar-refractivity contribution in [1.29, 1.82) is 0 Å². The topological polar surface area (TPSA) is 102 Å². The molecule has 0 spiro atoms. The quantitative estimate of drug-likeness (QED) is 0.212. The smallest absolute Gasteiger partial charge is 0.346 e. The lowest BCUT2D eigenvalue weighted by Crippen LogP contribution is -2.45. The average molecular weight is 556 g/mol. The number of hydrogen-bond acceptors (Lipinski definition) is 8. The monoisotopic (exact) mass is 555 g/mol. The number of ether oxygens (including phenoxy) is 2. The molecule has 4 rings (SSSR count). The number of amides is 1. The van der Waals surface area contributed by atoms with E-state index in [0.717, 1.165) is 16.5 Å². The number of rotatable bonds is 8. The van der Waals surface area contributed by atoms with Crippen LogP contribution in [0.5, 0.6) is 5.75 Å². The van der Waals surface area contributed by atoms with Crippen LogP contribution < -0.4 is 9.64 Å². The van der Waals surface area contributed by atoms with Crippen LogP contribution in [0, 0.1) is 10.1 Å². The average Bonchev–Trinajstić information content (AvgIpc) is 3.01. The molecule has 11 heteroatoms. The van der Waals surface area contributed by atoms with Crippen molar-refractivity contribution in [3.05, 3.63) is 93.0 Å². The first kappa shape index (κ1) is 27.4. The summed E-state index contributed by atoms with van der Waals surface area (Å²) in [4.78, 5) is 42.8. The maximum absolute atomic E-state index is 14.1. The lowest BCUT2D eigenvalue weighted by molar-refractivity contribution is -0.385. The summed E-state index contributed by atoms with van der Waals surface area (Å²) in [6.07, 6.45) is -1.28. The fourth-order valence-electron chi connectivity index (χ4n) is 4.07. The Bertz CT molecular complexity index is 1350. The number of methoxy groups -OCH3 is 1. The van der Waals surface area contributed by atoms with E-state index in [2.05, 4.69) is 0 Å². The van der Waals surface area contributed by atoms with Crippen molar-refractivity contribution in [2.45, 2.75) is 16.2 Å². The van der Waals surface area contributed by atoms with Crippen LogP contribution in [-0.2, 0) is 9.53 Å². The Labute approximate surface area is 229 Å². The molecule has 0 aromatic heterocycles. The fourth-order valence-corrected chi connectivity index (χ4v) is 5.56. The van der Waals surface area contributed by atoms with Gasteiger partial charge in [0.2, 0.25) is 0 Å². The summed E-state index contributed by atoms with van der Waals surface area (Å²) in [5.74, 6) is -0.798. The van der Waals surface area contributed by atoms with Gasteiger partial charge in [-0.25, -0.2) is 4.79 Å². The molecule has 1 aliphatic rings. The van der Waals surface area contributed by atoms with E-state index >= 15 is 0 Å². The van der Waals surface area contributed by atoms with Gasteiger partial charge in [-0.15, -0.1) is 11.8 Å². The summed E-state index contributed by atoms with van der Waals surface area (Å²) < 4.78 is 11.1. The minimum absolute atomic E-state index is 0.135. The van der Waals surface area contributed by atoms with Crippen LogP contribution in [0.3, 0.4) is 0 Å². The van der Waals surface area contributed by atoms with Gasteiger partial charge in [0, 0.05) is 29.1 Å². The number of likely N-dealkylation sites (N-methyl/N-ethyl adjacent to an activating group) is 1. The molecule has 198 valence electrons. The number of carbonyl (C=O) groups excluding carboxylic acids is 2. The number of esters is 1. The number of halogens is 1. The van der Waals surface area contributed by atoms with Crippen LogP contribution in [0.25, 0.3) is 0 Å². The van der Waals surface area contributed by atoms with Gasteiger partial charge < -0.3 is 19.3 Å². The number of hydrogen-bond donors (Lipinski definition) is 0. The Balaban J connectivity index is 1.80. The predicted octanol–water partition coefficient (Wildman–Crippen LogP) is 5.22. The first-order chi connectivity index (χ1) is 18.2. The van der Waals surface area contributed by atoms with Gasteiger partial charge in [-0.1, -0.05) is 35.9 Å². The highest BCUT2D eigenvalue weighted by molar-refractivity contribution is 7.99. The zero-order valence-electron chi connectivity index (χ0n) is 21.0. The minimum Gasteiger partial charge on any atom is -0.497 e. The first-order valence-electron chi connectivity index (χ1n) is 11.7. The molecule has 3 aromatic rings. The molecule has 0 bridgehead atoms. The lowest BCUT2D eigenvalue weighted by atomic mass is 10.0. The second-order valence-corrected chi connectivity index (χ2v) is 10.4. The molecule has 0 saturated carbocycles. The molecule has 2 unspecified atom stereocenters. The van der Waals surface area contributed by atoms with E-state index in [9.17, 15) is 19.7 Å². The summed E-state index contributed by atoms with van der Waals surface area (Å²) >= 11 is 7.44. The number of nitro benzene ring substituents is 1. The molecule has 0 saturated heterocycles. The lowest BCUT2D eigenvalue weighted by Gasteiger charge is -2.28. The van der Waals surface area contributed by atoms with Crippen molar-refractivity contribution in [2.75, 3.05) is 39.2 Å². The molecule has 3 aromatic carbocycles. The zero-order valence-corrected chi connectivity index (χ0v) is 22.6. The highest BCUT2D eigenvalue weighted by atomic mass is 35.5. The minimum atomic E-state index is -1.28. The van der Waals surface area contributed by atoms with Crippen molar-refractivity contribution in [2.24, 2.45) is 0 Å². The SMILES string of the molecule is COc1ccc(C2Sc3ccccc3N(CCN(C)C)C(=O)C2OC(=O)c2cc(Cl)ccc2[N+](=O)[O-])cc1. The van der Waals surface area contributed by atoms with Crippen LogP contribution in [0.2, 0.25) is 5.02 Å². The summed E-state index contributed by atoms with van der Waals surface area (Å²) in [7, 11) is 5.36. The van der Waals surface area contributed by atoms with E-state index in [0.29, 0.717) is 24.5 Å². The first-order valence-corrected chi connectivity index (χ1v) is 13.0. The Hall–Kier alpha value is -3.60. The van der Waals surface area contributed by atoms with Crippen LogP contribution in [0.4, 0.5) is 11.4 Å². The third-order valence-corrected chi connectivity index (χ3v) is 7.63. The van der Waals surface area contributed by atoms with E-state index in [4.69, 9.17) is 21.1 Å². The molecule has 0 fully saturated rings. The highest BCUT2D eigenvalue weighted by Gasteiger charge is 2.42. The van der Waals surface area contributed by atoms with Gasteiger partial charge in [-0.2, -0.15) is 0 Å². The maximum Gasteiger partial charge on any atom is 0.346 e. The molecule has 0 aliphatic carbocycles. The van der Waals surface area contributed by atoms with Gasteiger partial charge in [0.1, 0.15) is 11.3 Å². The van der Waals surface area contributed by atoms with Gasteiger partial charge >= 0.3 is 5.97 Å². The Morgan fingerprint density at radius 1 is 1.13 bits per heavy atom. The van der Waals surface area contributed by atoms with Gasteiger partial charge in [0.25, 0.3) is 11.6 Å². The number of thioether (sulfide) groups is 1. The number of benzene rings is 3. The maximum atomic E-state index is 14.1. The standard InChI is InChI=1S/C27H26ClN3O6S/c1-29(2)14-15-30-22-6-4-5-7-23(22)38-25(17-8-11-19(36-3)12-9-17)24(26(30)32)37-27(33)20-16-18(28)10-13-21(20)31(34)35/h4-13,16,24-25H,14-15H2,1-3H3. The Kier molecular flexibility index (Phi) is 8.55. The molecule has 38 heavy (non-hydrogen) atoms. The third-order valence-electron chi connectivity index (χ3n) is 6.02. The molecule has 1 aliphatic heterocycles. The molecule has 0 radical (unpaired) electrons. The van der Waals surface area contributed by atoms with Crippen molar-refractivity contribution < 1.29 is 24.0 Å². The molecular weight excluding hydrogens is 530 g/mol. The van der Waals surface area contributed by atoms with Gasteiger partial charge in [-0.05, 0) is 56.1 Å². The van der Waals surface area contributed by atoms with Crippen LogP contribution in [0.1, 0.15) is 21.2 Å². The summed E-state index contributed by atoms with van der Waals surface area (Å²) in [6, 6.07) is 18.3. The predicted molar refractivity (Wildman–Crippen MR) is 146 cm³/mol. The normalized spacial score (nSPS) is 17.1. The molecular formula is C27H26ClN3O6S. The second kappa shape index (κ2) is 11.8. The van der Waals surface area contributed by atoms with E-state index in [1.54, 1.807) is 24.1 Å². The highest BCUT2D eigenvalue weighted by Crippen LogP contribution is 2.47. The van der Waals surface area contributed by atoms with E-state index in [1.807, 2.05) is 55.4 Å². The van der Waals surface area contributed by atoms with Crippen LogP contribution in [0.15, 0.2) is 71.6 Å². The molecule has 9 nitrogen and oxygen atoms in total. The van der Waals surface area contributed by atoms with E-state index < -0.39 is 33.8 Å². The molecule has 1 amide bonds. The summed E-state index contributed by atoms with van der Waals surface area (Å²) in [5, 5.41) is 11.1. The third kappa shape index (κ3) is 5.93. The molecule has 1 heterocycles. The summed E-state index contributed by atoms with van der Waals surface area (Å²) in [5.41, 5.74) is 0.652. The number of carbonyl (C=O) groups is 2. The van der Waals surface area contributed by atoms with Gasteiger partial charge in [0.05, 0.1) is 23.0 Å². The van der Waals surface area contributed by atoms with Crippen molar-refractivity contribution in [3.8, 4) is 5.75 Å². The number of anilines is 1. The van der Waals surface area contributed by atoms with Crippen molar-refractivity contribution in [3.63, 3.8) is 0 Å². The van der Waals surface area contributed by atoms with Crippen molar-refractivity contribution >= 4 is 46.6 Å². The Morgan fingerprint density at radius 3 is 2.50 bits per heavy atom. The van der Waals surface area contributed by atoms with E-state index in [1.165, 1.54) is 23.9 Å². The van der Waals surface area contributed by atoms with Crippen molar-refractivity contribution in [1.82, 2.24) is 4.90 Å². The van der Waals surface area contributed by atoms with Crippen LogP contribution >= 0.6 is 23.4 Å². The van der Waals surface area contributed by atoms with Gasteiger partial charge in [0.15, 0.2) is 6.10 Å². The van der Waals surface area contributed by atoms with Gasteiger partial charge in [-0.3, -0.25) is 14.9 Å². The largest absolute Gasteiger partial charge is 0.497 e. The number of para-hydroxylation sites is 1. The number of nitrogens with zero attached hydrogens (tertiary/aromatic N) is 3. The Morgan fingerprint density at radius 2 is 1.84 bits per heavy atom.